The number of hydrogen-bond donors (Lipinski definition) is 2. The van der Waals surface area contributed by atoms with Crippen molar-refractivity contribution in [3.05, 3.63) is 28.2 Å². The molecule has 0 aromatic heterocycles. The molecule has 0 aliphatic rings. The van der Waals surface area contributed by atoms with Crippen molar-refractivity contribution < 1.29 is 9.59 Å². The van der Waals surface area contributed by atoms with Gasteiger partial charge in [-0.2, -0.15) is 0 Å². The van der Waals surface area contributed by atoms with Crippen LogP contribution in [0.15, 0.2) is 22.7 Å². The molecule has 0 heterocycles. The second-order valence-electron chi connectivity index (χ2n) is 4.78. The SMILES string of the molecule is CC(C)CN(CC(N)=O)C(=O)c1ccc(Br)c(N)c1. The van der Waals surface area contributed by atoms with Crippen molar-refractivity contribution >= 4 is 33.4 Å². The average molecular weight is 328 g/mol. The van der Waals surface area contributed by atoms with Gasteiger partial charge >= 0.3 is 0 Å². The predicted molar refractivity (Wildman–Crippen MR) is 78.5 cm³/mol. The molecule has 2 amide bonds. The Labute approximate surface area is 121 Å². The van der Waals surface area contributed by atoms with Crippen molar-refractivity contribution in [2.45, 2.75) is 13.8 Å². The first kappa shape index (κ1) is 15.5. The third-order valence-electron chi connectivity index (χ3n) is 2.46. The molecule has 104 valence electrons. The van der Waals surface area contributed by atoms with Crippen LogP contribution in [0.25, 0.3) is 0 Å². The van der Waals surface area contributed by atoms with Crippen LogP contribution in [-0.4, -0.2) is 29.8 Å². The highest BCUT2D eigenvalue weighted by atomic mass is 79.9. The van der Waals surface area contributed by atoms with E-state index in [1.165, 1.54) is 4.90 Å². The van der Waals surface area contributed by atoms with E-state index in [4.69, 9.17) is 11.5 Å². The molecule has 6 heteroatoms. The number of carbonyl (C=O) groups is 2. The van der Waals surface area contributed by atoms with Gasteiger partial charge in [0.25, 0.3) is 5.91 Å². The van der Waals surface area contributed by atoms with Crippen molar-refractivity contribution in [2.75, 3.05) is 18.8 Å². The summed E-state index contributed by atoms with van der Waals surface area (Å²) < 4.78 is 0.731. The molecule has 0 saturated heterocycles. The summed E-state index contributed by atoms with van der Waals surface area (Å²) in [6.07, 6.45) is 0. The Kier molecular flexibility index (Phi) is 5.35. The largest absolute Gasteiger partial charge is 0.398 e. The van der Waals surface area contributed by atoms with Crippen LogP contribution in [0.2, 0.25) is 0 Å². The number of rotatable bonds is 5. The molecule has 5 nitrogen and oxygen atoms in total. The second-order valence-corrected chi connectivity index (χ2v) is 5.64. The molecule has 0 fully saturated rings. The number of nitrogen functional groups attached to an aromatic ring is 1. The number of amides is 2. The van der Waals surface area contributed by atoms with Gasteiger partial charge < -0.3 is 16.4 Å². The Morgan fingerprint density at radius 1 is 1.37 bits per heavy atom. The molecule has 1 rings (SSSR count). The maximum absolute atomic E-state index is 12.3. The van der Waals surface area contributed by atoms with Crippen LogP contribution >= 0.6 is 15.9 Å². The average Bonchev–Trinajstić information content (AvgIpc) is 2.29. The van der Waals surface area contributed by atoms with Gasteiger partial charge in [-0.1, -0.05) is 13.8 Å². The lowest BCUT2D eigenvalue weighted by atomic mass is 10.1. The van der Waals surface area contributed by atoms with Gasteiger partial charge in [-0.15, -0.1) is 0 Å². The third kappa shape index (κ3) is 4.55. The van der Waals surface area contributed by atoms with Gasteiger partial charge in [-0.25, -0.2) is 0 Å². The van der Waals surface area contributed by atoms with Crippen molar-refractivity contribution in [1.29, 1.82) is 0 Å². The van der Waals surface area contributed by atoms with Crippen LogP contribution in [0.5, 0.6) is 0 Å². The van der Waals surface area contributed by atoms with E-state index in [9.17, 15) is 9.59 Å². The van der Waals surface area contributed by atoms with Crippen molar-refractivity contribution in [1.82, 2.24) is 4.90 Å². The normalized spacial score (nSPS) is 10.5. The van der Waals surface area contributed by atoms with Gasteiger partial charge in [-0.3, -0.25) is 9.59 Å². The monoisotopic (exact) mass is 327 g/mol. The first-order valence-electron chi connectivity index (χ1n) is 5.94. The third-order valence-corrected chi connectivity index (χ3v) is 3.18. The zero-order chi connectivity index (χ0) is 14.6. The molecule has 4 N–H and O–H groups in total. The predicted octanol–water partition coefficient (Wildman–Crippen LogP) is 1.61. The Balaban J connectivity index is 2.97. The second kappa shape index (κ2) is 6.56. The number of nitrogens with zero attached hydrogens (tertiary/aromatic N) is 1. The Bertz CT molecular complexity index is 489. The van der Waals surface area contributed by atoms with Crippen molar-refractivity contribution in [2.24, 2.45) is 11.7 Å². The summed E-state index contributed by atoms with van der Waals surface area (Å²) >= 11 is 3.27. The van der Waals surface area contributed by atoms with E-state index in [0.717, 1.165) is 4.47 Å². The zero-order valence-corrected chi connectivity index (χ0v) is 12.6. The van der Waals surface area contributed by atoms with E-state index in [2.05, 4.69) is 15.9 Å². The fourth-order valence-electron chi connectivity index (χ4n) is 1.71. The van der Waals surface area contributed by atoms with Gasteiger partial charge in [-0.05, 0) is 40.0 Å². The lowest BCUT2D eigenvalue weighted by Gasteiger charge is -2.23. The van der Waals surface area contributed by atoms with Crippen LogP contribution in [0, 0.1) is 5.92 Å². The van der Waals surface area contributed by atoms with Crippen LogP contribution < -0.4 is 11.5 Å². The minimum atomic E-state index is -0.529. The topological polar surface area (TPSA) is 89.4 Å². The molecule has 0 radical (unpaired) electrons. The van der Waals surface area contributed by atoms with E-state index in [1.807, 2.05) is 13.8 Å². The minimum absolute atomic E-state index is 0.0903. The number of hydrogen-bond acceptors (Lipinski definition) is 3. The summed E-state index contributed by atoms with van der Waals surface area (Å²) in [5.41, 5.74) is 11.9. The van der Waals surface area contributed by atoms with Crippen LogP contribution in [0.4, 0.5) is 5.69 Å². The summed E-state index contributed by atoms with van der Waals surface area (Å²) in [5.74, 6) is -0.526. The number of benzene rings is 1. The first-order chi connectivity index (χ1) is 8.81. The van der Waals surface area contributed by atoms with E-state index < -0.39 is 5.91 Å². The number of nitrogens with two attached hydrogens (primary N) is 2. The Morgan fingerprint density at radius 3 is 2.47 bits per heavy atom. The number of anilines is 1. The Morgan fingerprint density at radius 2 is 2.00 bits per heavy atom. The summed E-state index contributed by atoms with van der Waals surface area (Å²) in [4.78, 5) is 24.8. The first-order valence-corrected chi connectivity index (χ1v) is 6.73. The number of halogens is 1. The molecule has 19 heavy (non-hydrogen) atoms. The lowest BCUT2D eigenvalue weighted by molar-refractivity contribution is -0.118. The van der Waals surface area contributed by atoms with E-state index in [1.54, 1.807) is 18.2 Å². The molecule has 0 unspecified atom stereocenters. The quantitative estimate of drug-likeness (QED) is 0.805. The summed E-state index contributed by atoms with van der Waals surface area (Å²) in [6, 6.07) is 4.96. The number of carbonyl (C=O) groups excluding carboxylic acids is 2. The molecule has 0 saturated carbocycles. The molecule has 1 aromatic carbocycles. The molecule has 0 atom stereocenters. The van der Waals surface area contributed by atoms with E-state index >= 15 is 0 Å². The molecule has 0 bridgehead atoms. The minimum Gasteiger partial charge on any atom is -0.398 e. The lowest BCUT2D eigenvalue weighted by Crippen LogP contribution is -2.40. The van der Waals surface area contributed by atoms with Gasteiger partial charge in [0.2, 0.25) is 5.91 Å². The highest BCUT2D eigenvalue weighted by molar-refractivity contribution is 9.10. The molecular weight excluding hydrogens is 310 g/mol. The smallest absolute Gasteiger partial charge is 0.254 e. The molecule has 1 aromatic rings. The summed E-state index contributed by atoms with van der Waals surface area (Å²) in [7, 11) is 0. The van der Waals surface area contributed by atoms with Gasteiger partial charge in [0.15, 0.2) is 0 Å². The summed E-state index contributed by atoms with van der Waals surface area (Å²) in [5, 5.41) is 0. The highest BCUT2D eigenvalue weighted by Gasteiger charge is 2.19. The zero-order valence-electron chi connectivity index (χ0n) is 11.0. The van der Waals surface area contributed by atoms with E-state index in [0.29, 0.717) is 17.8 Å². The fourth-order valence-corrected chi connectivity index (χ4v) is 1.95. The van der Waals surface area contributed by atoms with Crippen LogP contribution in [0.1, 0.15) is 24.2 Å². The molecule has 0 spiro atoms. The maximum Gasteiger partial charge on any atom is 0.254 e. The summed E-state index contributed by atoms with van der Waals surface area (Å²) in [6.45, 7) is 4.32. The van der Waals surface area contributed by atoms with Crippen molar-refractivity contribution in [3.8, 4) is 0 Å². The fraction of sp³-hybridized carbons (Fsp3) is 0.385. The Hall–Kier alpha value is -1.56. The molecule has 0 aliphatic carbocycles. The highest BCUT2D eigenvalue weighted by Crippen LogP contribution is 2.21. The molecule has 0 aliphatic heterocycles. The van der Waals surface area contributed by atoms with Crippen LogP contribution in [0.3, 0.4) is 0 Å². The maximum atomic E-state index is 12.3. The standard InChI is InChI=1S/C13H18BrN3O2/c1-8(2)6-17(7-12(16)18)13(19)9-3-4-10(14)11(15)5-9/h3-5,8H,6-7,15H2,1-2H3,(H2,16,18). The number of primary amides is 1. The van der Waals surface area contributed by atoms with E-state index in [-0.39, 0.29) is 18.4 Å². The molecular formula is C13H18BrN3O2. The van der Waals surface area contributed by atoms with Gasteiger partial charge in [0.05, 0.1) is 6.54 Å². The van der Waals surface area contributed by atoms with Crippen LogP contribution in [-0.2, 0) is 4.79 Å². The van der Waals surface area contributed by atoms with Gasteiger partial charge in [0.1, 0.15) is 0 Å². The van der Waals surface area contributed by atoms with Gasteiger partial charge in [0, 0.05) is 22.3 Å². The van der Waals surface area contributed by atoms with Crippen molar-refractivity contribution in [3.63, 3.8) is 0 Å².